The summed E-state index contributed by atoms with van der Waals surface area (Å²) in [6.45, 7) is 0.548. The molecule has 0 saturated heterocycles. The second kappa shape index (κ2) is 8.01. The highest BCUT2D eigenvalue weighted by Crippen LogP contribution is 2.26. The van der Waals surface area contributed by atoms with Crippen LogP contribution >= 0.6 is 27.5 Å². The smallest absolute Gasteiger partial charge is 0.261 e. The largest absolute Gasteiger partial charge is 0.356 e. The van der Waals surface area contributed by atoms with Crippen LogP contribution in [0.25, 0.3) is 0 Å². The zero-order valence-electron chi connectivity index (χ0n) is 13.8. The lowest BCUT2D eigenvalue weighted by Gasteiger charge is -2.13. The highest BCUT2D eigenvalue weighted by Gasteiger charge is 2.35. The van der Waals surface area contributed by atoms with E-state index < -0.39 is 0 Å². The van der Waals surface area contributed by atoms with Gasteiger partial charge in [0.1, 0.15) is 0 Å². The van der Waals surface area contributed by atoms with Gasteiger partial charge in [-0.15, -0.1) is 0 Å². The fraction of sp³-hybridized carbons (Fsp3) is 0.211. The number of hydrogen-bond donors (Lipinski definition) is 1. The number of carbonyl (C=O) groups excluding carboxylic acids is 3. The van der Waals surface area contributed by atoms with Gasteiger partial charge in [0.15, 0.2) is 0 Å². The molecule has 134 valence electrons. The normalized spacial score (nSPS) is 13.1. The van der Waals surface area contributed by atoms with E-state index in [-0.39, 0.29) is 30.7 Å². The van der Waals surface area contributed by atoms with Crippen molar-refractivity contribution in [1.29, 1.82) is 0 Å². The number of fused-ring (bicyclic) bond motifs is 1. The maximum absolute atomic E-state index is 12.3. The molecule has 3 amide bonds. The molecule has 0 spiro atoms. The van der Waals surface area contributed by atoms with Gasteiger partial charge in [-0.05, 0) is 42.3 Å². The van der Waals surface area contributed by atoms with Crippen molar-refractivity contribution in [2.24, 2.45) is 0 Å². The summed E-state index contributed by atoms with van der Waals surface area (Å²) in [7, 11) is 0. The second-order valence-corrected chi connectivity index (χ2v) is 7.28. The quantitative estimate of drug-likeness (QED) is 0.707. The van der Waals surface area contributed by atoms with Crippen LogP contribution in [-0.4, -0.2) is 35.7 Å². The molecule has 0 fully saturated rings. The lowest BCUT2D eigenvalue weighted by Crippen LogP contribution is -2.35. The molecule has 1 N–H and O–H groups in total. The van der Waals surface area contributed by atoms with Crippen molar-refractivity contribution in [2.45, 2.75) is 12.8 Å². The van der Waals surface area contributed by atoms with E-state index in [9.17, 15) is 14.4 Å². The molecular weight excluding hydrogens is 420 g/mol. The van der Waals surface area contributed by atoms with Gasteiger partial charge in [0.05, 0.1) is 11.1 Å². The van der Waals surface area contributed by atoms with Gasteiger partial charge in [0.2, 0.25) is 5.91 Å². The number of amides is 3. The lowest BCUT2D eigenvalue weighted by molar-refractivity contribution is -0.121. The molecule has 2 aromatic carbocycles. The van der Waals surface area contributed by atoms with Crippen LogP contribution in [0.4, 0.5) is 0 Å². The standard InChI is InChI=1S/C19H16BrClN2O3/c20-13-3-6-15-16(11-13)19(26)23(18(15)25)10-8-17(24)22-9-7-12-1-4-14(21)5-2-12/h1-6,11H,7-10H2,(H,22,24). The molecule has 0 aliphatic carbocycles. The molecule has 0 aromatic heterocycles. The molecule has 5 nitrogen and oxygen atoms in total. The Hall–Kier alpha value is -2.18. The maximum Gasteiger partial charge on any atom is 0.261 e. The van der Waals surface area contributed by atoms with Gasteiger partial charge in [-0.3, -0.25) is 19.3 Å². The van der Waals surface area contributed by atoms with Crippen LogP contribution in [0.15, 0.2) is 46.9 Å². The number of benzene rings is 2. The van der Waals surface area contributed by atoms with Crippen molar-refractivity contribution in [2.75, 3.05) is 13.1 Å². The average molecular weight is 436 g/mol. The molecule has 0 saturated carbocycles. The molecule has 2 aromatic rings. The van der Waals surface area contributed by atoms with E-state index in [0.717, 1.165) is 14.9 Å². The van der Waals surface area contributed by atoms with E-state index in [4.69, 9.17) is 11.6 Å². The minimum absolute atomic E-state index is 0.0662. The first kappa shape index (κ1) is 18.6. The monoisotopic (exact) mass is 434 g/mol. The lowest BCUT2D eigenvalue weighted by atomic mass is 10.1. The molecule has 3 rings (SSSR count). The predicted molar refractivity (Wildman–Crippen MR) is 102 cm³/mol. The van der Waals surface area contributed by atoms with Gasteiger partial charge in [-0.25, -0.2) is 0 Å². The molecule has 0 bridgehead atoms. The summed E-state index contributed by atoms with van der Waals surface area (Å²) < 4.78 is 0.735. The molecule has 26 heavy (non-hydrogen) atoms. The molecule has 1 heterocycles. The minimum Gasteiger partial charge on any atom is -0.356 e. The van der Waals surface area contributed by atoms with E-state index in [0.29, 0.717) is 29.1 Å². The zero-order valence-corrected chi connectivity index (χ0v) is 16.1. The van der Waals surface area contributed by atoms with Gasteiger partial charge in [-0.2, -0.15) is 0 Å². The van der Waals surface area contributed by atoms with Crippen LogP contribution in [0.2, 0.25) is 5.02 Å². The van der Waals surface area contributed by atoms with E-state index in [2.05, 4.69) is 21.2 Å². The fourth-order valence-electron chi connectivity index (χ4n) is 2.77. The summed E-state index contributed by atoms with van der Waals surface area (Å²) in [5, 5.41) is 3.47. The van der Waals surface area contributed by atoms with E-state index in [1.807, 2.05) is 12.1 Å². The summed E-state index contributed by atoms with van der Waals surface area (Å²) >= 11 is 9.13. The van der Waals surface area contributed by atoms with Gasteiger partial charge in [0, 0.05) is 29.0 Å². The predicted octanol–water partition coefficient (Wildman–Crippen LogP) is 3.45. The van der Waals surface area contributed by atoms with Gasteiger partial charge >= 0.3 is 0 Å². The van der Waals surface area contributed by atoms with Crippen LogP contribution < -0.4 is 5.32 Å². The van der Waals surface area contributed by atoms with Crippen LogP contribution in [0, 0.1) is 0 Å². The third kappa shape index (κ3) is 4.14. The number of carbonyl (C=O) groups is 3. The number of nitrogens with zero attached hydrogens (tertiary/aromatic N) is 1. The Balaban J connectivity index is 1.48. The van der Waals surface area contributed by atoms with Crippen molar-refractivity contribution in [3.63, 3.8) is 0 Å². The molecular formula is C19H16BrClN2O3. The fourth-order valence-corrected chi connectivity index (χ4v) is 3.25. The highest BCUT2D eigenvalue weighted by molar-refractivity contribution is 9.10. The van der Waals surface area contributed by atoms with Crippen LogP contribution in [0.3, 0.4) is 0 Å². The Bertz CT molecular complexity index is 868. The third-order valence-electron chi connectivity index (χ3n) is 4.14. The first-order valence-corrected chi connectivity index (χ1v) is 9.29. The molecule has 1 aliphatic heterocycles. The second-order valence-electron chi connectivity index (χ2n) is 5.93. The molecule has 1 aliphatic rings. The Morgan fingerprint density at radius 3 is 2.46 bits per heavy atom. The van der Waals surface area contributed by atoms with Crippen LogP contribution in [0.5, 0.6) is 0 Å². The topological polar surface area (TPSA) is 66.5 Å². The molecule has 0 radical (unpaired) electrons. The van der Waals surface area contributed by atoms with Crippen molar-refractivity contribution in [1.82, 2.24) is 10.2 Å². The highest BCUT2D eigenvalue weighted by atomic mass is 79.9. The van der Waals surface area contributed by atoms with E-state index in [1.165, 1.54) is 0 Å². The average Bonchev–Trinajstić information content (AvgIpc) is 2.85. The van der Waals surface area contributed by atoms with Crippen molar-refractivity contribution >= 4 is 45.3 Å². The SMILES string of the molecule is O=C(CCN1C(=O)c2ccc(Br)cc2C1=O)NCCc1ccc(Cl)cc1. The molecule has 7 heteroatoms. The summed E-state index contributed by atoms with van der Waals surface area (Å²) in [5.41, 5.74) is 1.81. The number of nitrogens with one attached hydrogen (secondary N) is 1. The Morgan fingerprint density at radius 2 is 1.73 bits per heavy atom. The zero-order chi connectivity index (χ0) is 18.7. The third-order valence-corrected chi connectivity index (χ3v) is 4.89. The van der Waals surface area contributed by atoms with Gasteiger partial charge in [-0.1, -0.05) is 39.7 Å². The number of rotatable bonds is 6. The first-order valence-electron chi connectivity index (χ1n) is 8.12. The summed E-state index contributed by atoms with van der Waals surface area (Å²) in [5.74, 6) is -0.913. The minimum atomic E-state index is -0.361. The summed E-state index contributed by atoms with van der Waals surface area (Å²) in [6, 6.07) is 12.4. The van der Waals surface area contributed by atoms with Gasteiger partial charge in [0.25, 0.3) is 11.8 Å². The molecule has 0 unspecified atom stereocenters. The Kier molecular flexibility index (Phi) is 5.74. The van der Waals surface area contributed by atoms with Crippen molar-refractivity contribution in [3.8, 4) is 0 Å². The van der Waals surface area contributed by atoms with Gasteiger partial charge < -0.3 is 5.32 Å². The number of imide groups is 1. The van der Waals surface area contributed by atoms with Crippen molar-refractivity contribution < 1.29 is 14.4 Å². The number of halogens is 2. The van der Waals surface area contributed by atoms with Crippen molar-refractivity contribution in [3.05, 3.63) is 68.7 Å². The van der Waals surface area contributed by atoms with E-state index in [1.54, 1.807) is 30.3 Å². The number of hydrogen-bond acceptors (Lipinski definition) is 3. The summed E-state index contributed by atoms with van der Waals surface area (Å²) in [6.07, 6.45) is 0.761. The van der Waals surface area contributed by atoms with Crippen LogP contribution in [-0.2, 0) is 11.2 Å². The van der Waals surface area contributed by atoms with Crippen LogP contribution in [0.1, 0.15) is 32.7 Å². The van der Waals surface area contributed by atoms with E-state index >= 15 is 0 Å². The Morgan fingerprint density at radius 1 is 1.04 bits per heavy atom. The maximum atomic E-state index is 12.3. The molecule has 0 atom stereocenters. The Labute approximate surface area is 164 Å². The first-order chi connectivity index (χ1) is 12.5. The summed E-state index contributed by atoms with van der Waals surface area (Å²) in [4.78, 5) is 37.8.